The van der Waals surface area contributed by atoms with Crippen molar-refractivity contribution in [2.45, 2.75) is 25.3 Å². The Morgan fingerprint density at radius 2 is 1.86 bits per heavy atom. The lowest BCUT2D eigenvalue weighted by Gasteiger charge is -2.32. The summed E-state index contributed by atoms with van der Waals surface area (Å²) in [5.41, 5.74) is 3.19. The third kappa shape index (κ3) is 3.09. The minimum atomic E-state index is -0.404. The third-order valence-electron chi connectivity index (χ3n) is 5.25. The van der Waals surface area contributed by atoms with Gasteiger partial charge < -0.3 is 10.4 Å². The Kier molecular flexibility index (Phi) is 4.33. The minimum absolute atomic E-state index is 0.106. The van der Waals surface area contributed by atoms with Crippen molar-refractivity contribution < 1.29 is 9.90 Å². The average molecular weight is 427 g/mol. The van der Waals surface area contributed by atoms with Gasteiger partial charge in [0.2, 0.25) is 5.95 Å². The lowest BCUT2D eigenvalue weighted by atomic mass is 9.85. The summed E-state index contributed by atoms with van der Waals surface area (Å²) in [6.45, 7) is 0. The highest BCUT2D eigenvalue weighted by atomic mass is 35.5. The number of carbonyl (C=O) groups excluding carboxylic acids is 1. The van der Waals surface area contributed by atoms with E-state index in [1.165, 1.54) is 0 Å². The van der Waals surface area contributed by atoms with Crippen LogP contribution >= 0.6 is 23.2 Å². The highest BCUT2D eigenvalue weighted by Gasteiger charge is 2.36. The van der Waals surface area contributed by atoms with Crippen molar-refractivity contribution in [3.63, 3.8) is 0 Å². The van der Waals surface area contributed by atoms with Gasteiger partial charge in [-0.1, -0.05) is 35.3 Å². The number of hydrogen-bond donors (Lipinski definition) is 2. The Morgan fingerprint density at radius 3 is 2.62 bits per heavy atom. The molecule has 6 nitrogen and oxygen atoms in total. The van der Waals surface area contributed by atoms with Crippen molar-refractivity contribution >= 4 is 34.9 Å². The normalized spacial score (nSPS) is 18.3. The van der Waals surface area contributed by atoms with Crippen LogP contribution in [-0.4, -0.2) is 25.7 Å². The number of allylic oxidation sites excluding steroid dienone is 2. The van der Waals surface area contributed by atoms with E-state index in [9.17, 15) is 9.90 Å². The molecule has 29 heavy (non-hydrogen) atoms. The highest BCUT2D eigenvalue weighted by Crippen LogP contribution is 2.41. The Bertz CT molecular complexity index is 1170. The number of Topliss-reactive ketones (excluding diaryl/α,β-unsaturated/α-hetero) is 1. The van der Waals surface area contributed by atoms with E-state index < -0.39 is 6.04 Å². The SMILES string of the molecule is O=C1CCCC2=C1C(c1ccc(O)cc1)n1nc(-c3ccc(Cl)c(Cl)c3)nc1N2. The number of phenolic OH excluding ortho intramolecular Hbond substituents is 1. The maximum absolute atomic E-state index is 12.8. The quantitative estimate of drug-likeness (QED) is 0.603. The Morgan fingerprint density at radius 1 is 1.07 bits per heavy atom. The molecule has 5 rings (SSSR count). The summed E-state index contributed by atoms with van der Waals surface area (Å²) in [5, 5.41) is 18.6. The average Bonchev–Trinajstić information content (AvgIpc) is 3.13. The van der Waals surface area contributed by atoms with Gasteiger partial charge in [0.15, 0.2) is 11.6 Å². The van der Waals surface area contributed by atoms with E-state index in [4.69, 9.17) is 23.2 Å². The van der Waals surface area contributed by atoms with Crippen molar-refractivity contribution in [2.75, 3.05) is 5.32 Å². The monoisotopic (exact) mass is 426 g/mol. The van der Waals surface area contributed by atoms with E-state index in [-0.39, 0.29) is 11.5 Å². The van der Waals surface area contributed by atoms with Crippen LogP contribution in [0.2, 0.25) is 10.0 Å². The Hall–Kier alpha value is -2.83. The van der Waals surface area contributed by atoms with E-state index in [0.717, 1.165) is 29.7 Å². The molecule has 0 spiro atoms. The van der Waals surface area contributed by atoms with Gasteiger partial charge in [-0.25, -0.2) is 4.68 Å². The lowest BCUT2D eigenvalue weighted by Crippen LogP contribution is -2.31. The van der Waals surface area contributed by atoms with E-state index in [2.05, 4.69) is 15.4 Å². The zero-order valence-corrected chi connectivity index (χ0v) is 16.7. The van der Waals surface area contributed by atoms with Gasteiger partial charge in [-0.15, -0.1) is 5.10 Å². The topological polar surface area (TPSA) is 80.0 Å². The molecule has 2 heterocycles. The van der Waals surface area contributed by atoms with Crippen molar-refractivity contribution in [3.05, 3.63) is 69.3 Å². The van der Waals surface area contributed by atoms with Crippen LogP contribution in [0, 0.1) is 0 Å². The summed E-state index contributed by atoms with van der Waals surface area (Å²) >= 11 is 12.2. The Balaban J connectivity index is 1.67. The van der Waals surface area contributed by atoms with Crippen LogP contribution in [0.5, 0.6) is 5.75 Å². The van der Waals surface area contributed by atoms with Gasteiger partial charge in [0.1, 0.15) is 11.8 Å². The number of nitrogens with zero attached hydrogens (tertiary/aromatic N) is 3. The molecule has 2 aliphatic rings. The lowest BCUT2D eigenvalue weighted by molar-refractivity contribution is -0.116. The number of nitrogens with one attached hydrogen (secondary N) is 1. The molecule has 1 aromatic heterocycles. The predicted molar refractivity (Wildman–Crippen MR) is 111 cm³/mol. The maximum Gasteiger partial charge on any atom is 0.226 e. The molecule has 0 amide bonds. The van der Waals surface area contributed by atoms with Crippen molar-refractivity contribution in [1.29, 1.82) is 0 Å². The smallest absolute Gasteiger partial charge is 0.226 e. The van der Waals surface area contributed by atoms with Gasteiger partial charge in [-0.2, -0.15) is 4.98 Å². The number of halogens is 2. The third-order valence-corrected chi connectivity index (χ3v) is 5.99. The van der Waals surface area contributed by atoms with Crippen LogP contribution in [0.4, 0.5) is 5.95 Å². The van der Waals surface area contributed by atoms with E-state index >= 15 is 0 Å². The number of fused-ring (bicyclic) bond motifs is 1. The summed E-state index contributed by atoms with van der Waals surface area (Å²) in [5.74, 6) is 1.33. The first-order valence-corrected chi connectivity index (χ1v) is 10.0. The van der Waals surface area contributed by atoms with Gasteiger partial charge in [0, 0.05) is 23.3 Å². The number of carbonyl (C=O) groups is 1. The fraction of sp³-hybridized carbons (Fsp3) is 0.190. The molecular weight excluding hydrogens is 411 g/mol. The van der Waals surface area contributed by atoms with Gasteiger partial charge in [-0.05, 0) is 48.7 Å². The van der Waals surface area contributed by atoms with Gasteiger partial charge in [-0.3, -0.25) is 4.79 Å². The molecule has 2 aromatic carbocycles. The highest BCUT2D eigenvalue weighted by molar-refractivity contribution is 6.42. The first kappa shape index (κ1) is 18.2. The number of aromatic hydroxyl groups is 1. The number of rotatable bonds is 2. The molecule has 0 bridgehead atoms. The van der Waals surface area contributed by atoms with Crippen LogP contribution in [0.1, 0.15) is 30.9 Å². The van der Waals surface area contributed by atoms with Gasteiger partial charge in [0.05, 0.1) is 10.0 Å². The Labute approximate surface area is 176 Å². The zero-order valence-electron chi connectivity index (χ0n) is 15.2. The second-order valence-corrected chi connectivity index (χ2v) is 7.93. The zero-order chi connectivity index (χ0) is 20.1. The van der Waals surface area contributed by atoms with E-state index in [1.807, 2.05) is 18.2 Å². The first-order valence-electron chi connectivity index (χ1n) is 9.25. The molecule has 8 heteroatoms. The molecule has 1 atom stereocenters. The summed E-state index contributed by atoms with van der Waals surface area (Å²) in [6.07, 6.45) is 2.10. The first-order chi connectivity index (χ1) is 14.0. The summed E-state index contributed by atoms with van der Waals surface area (Å²) in [6, 6.07) is 11.7. The van der Waals surface area contributed by atoms with Crippen molar-refractivity contribution in [1.82, 2.24) is 14.8 Å². The fourth-order valence-corrected chi connectivity index (χ4v) is 4.18. The van der Waals surface area contributed by atoms with E-state index in [0.29, 0.717) is 33.8 Å². The molecule has 0 fully saturated rings. The minimum Gasteiger partial charge on any atom is -0.508 e. The van der Waals surface area contributed by atoms with Crippen molar-refractivity contribution in [2.24, 2.45) is 0 Å². The second-order valence-electron chi connectivity index (χ2n) is 7.12. The molecule has 0 saturated heterocycles. The largest absolute Gasteiger partial charge is 0.508 e. The summed E-state index contributed by atoms with van der Waals surface area (Å²) < 4.78 is 1.73. The number of hydrogen-bond acceptors (Lipinski definition) is 5. The second kappa shape index (κ2) is 6.90. The van der Waals surface area contributed by atoms with Crippen LogP contribution in [0.15, 0.2) is 53.7 Å². The predicted octanol–water partition coefficient (Wildman–Crippen LogP) is 4.98. The van der Waals surface area contributed by atoms with Gasteiger partial charge in [0.25, 0.3) is 0 Å². The molecule has 1 unspecified atom stereocenters. The standard InChI is InChI=1S/C21H16Cl2N4O2/c22-14-9-6-12(10-15(14)23)20-25-21-24-16-2-1-3-17(29)18(16)19(27(21)26-20)11-4-7-13(28)8-5-11/h4-10,19,28H,1-3H2,(H,24,25,26). The number of anilines is 1. The van der Waals surface area contributed by atoms with Crippen LogP contribution in [-0.2, 0) is 4.79 Å². The summed E-state index contributed by atoms with van der Waals surface area (Å²) in [7, 11) is 0. The molecule has 3 aromatic rings. The molecule has 146 valence electrons. The van der Waals surface area contributed by atoms with Crippen LogP contribution in [0.3, 0.4) is 0 Å². The van der Waals surface area contributed by atoms with Crippen LogP contribution in [0.25, 0.3) is 11.4 Å². The van der Waals surface area contributed by atoms with Gasteiger partial charge >= 0.3 is 0 Å². The number of benzene rings is 2. The molecule has 1 aliphatic heterocycles. The van der Waals surface area contributed by atoms with Crippen molar-refractivity contribution in [3.8, 4) is 17.1 Å². The molecule has 1 aliphatic carbocycles. The molecule has 0 saturated carbocycles. The number of ketones is 1. The van der Waals surface area contributed by atoms with Crippen LogP contribution < -0.4 is 5.32 Å². The molecular formula is C21H16Cl2N4O2. The molecule has 0 radical (unpaired) electrons. The van der Waals surface area contributed by atoms with E-state index in [1.54, 1.807) is 28.9 Å². The number of phenols is 1. The fourth-order valence-electron chi connectivity index (χ4n) is 3.88. The maximum atomic E-state index is 12.8. The number of aromatic nitrogens is 3. The summed E-state index contributed by atoms with van der Waals surface area (Å²) in [4.78, 5) is 17.5. The molecule has 2 N–H and O–H groups in total.